The molecule has 1 N–H and O–H groups in total. The number of nitrogens with one attached hydrogen (secondary N) is 1. The highest BCUT2D eigenvalue weighted by molar-refractivity contribution is 6.30. The van der Waals surface area contributed by atoms with Crippen molar-refractivity contribution in [2.45, 2.75) is 6.04 Å². The zero-order valence-corrected chi connectivity index (χ0v) is 16.0. The van der Waals surface area contributed by atoms with Gasteiger partial charge in [-0.25, -0.2) is 4.39 Å². The van der Waals surface area contributed by atoms with E-state index in [0.29, 0.717) is 5.56 Å². The minimum Gasteiger partial charge on any atom is -0.497 e. The van der Waals surface area contributed by atoms with Crippen molar-refractivity contribution in [1.82, 2.24) is 5.32 Å². The predicted octanol–water partition coefficient (Wildman–Crippen LogP) is 5.41. The number of benzene rings is 3. The molecule has 3 aromatic carbocycles. The van der Waals surface area contributed by atoms with E-state index in [0.717, 1.165) is 16.9 Å². The molecule has 3 aromatic rings. The Hall–Kier alpha value is -3.11. The van der Waals surface area contributed by atoms with E-state index in [1.54, 1.807) is 19.3 Å². The third kappa shape index (κ3) is 4.99. The molecule has 0 aliphatic rings. The molecule has 0 bridgehead atoms. The summed E-state index contributed by atoms with van der Waals surface area (Å²) < 4.78 is 18.5. The molecule has 28 heavy (non-hydrogen) atoms. The summed E-state index contributed by atoms with van der Waals surface area (Å²) in [5.74, 6) is -0.0213. The van der Waals surface area contributed by atoms with Gasteiger partial charge in [-0.1, -0.05) is 60.1 Å². The predicted molar refractivity (Wildman–Crippen MR) is 110 cm³/mol. The third-order valence-corrected chi connectivity index (χ3v) is 4.53. The van der Waals surface area contributed by atoms with Gasteiger partial charge in [0.05, 0.1) is 18.2 Å². The SMILES string of the molecule is COc1ccc(C(NC(=O)/C=C/c2ccc(F)c(Cl)c2)c2ccccc2)cc1. The Labute approximate surface area is 168 Å². The van der Waals surface area contributed by atoms with Crippen LogP contribution in [0.2, 0.25) is 5.02 Å². The Bertz CT molecular complexity index is 972. The molecule has 1 atom stereocenters. The Morgan fingerprint density at radius 1 is 1.04 bits per heavy atom. The van der Waals surface area contributed by atoms with Crippen molar-refractivity contribution in [3.8, 4) is 5.75 Å². The summed E-state index contributed by atoms with van der Waals surface area (Å²) in [5.41, 5.74) is 2.53. The zero-order valence-electron chi connectivity index (χ0n) is 15.2. The topological polar surface area (TPSA) is 38.3 Å². The van der Waals surface area contributed by atoms with E-state index in [1.165, 1.54) is 18.2 Å². The number of carbonyl (C=O) groups excluding carboxylic acids is 1. The molecule has 0 radical (unpaired) electrons. The van der Waals surface area contributed by atoms with Gasteiger partial charge in [0.25, 0.3) is 0 Å². The molecule has 0 spiro atoms. The molecule has 0 fully saturated rings. The fraction of sp³-hybridized carbons (Fsp3) is 0.0870. The van der Waals surface area contributed by atoms with Crippen LogP contribution in [0.3, 0.4) is 0 Å². The normalized spacial score (nSPS) is 12.0. The van der Waals surface area contributed by atoms with Gasteiger partial charge in [-0.15, -0.1) is 0 Å². The van der Waals surface area contributed by atoms with Crippen LogP contribution in [0, 0.1) is 5.82 Å². The maximum atomic E-state index is 13.3. The number of ether oxygens (including phenoxy) is 1. The Morgan fingerprint density at radius 2 is 1.71 bits per heavy atom. The van der Waals surface area contributed by atoms with E-state index in [-0.39, 0.29) is 17.0 Å². The summed E-state index contributed by atoms with van der Waals surface area (Å²) in [6.07, 6.45) is 3.00. The number of carbonyl (C=O) groups is 1. The average molecular weight is 396 g/mol. The monoisotopic (exact) mass is 395 g/mol. The quantitative estimate of drug-likeness (QED) is 0.567. The van der Waals surface area contributed by atoms with Crippen LogP contribution in [0.25, 0.3) is 6.08 Å². The number of halogens is 2. The maximum absolute atomic E-state index is 13.3. The molecule has 0 aromatic heterocycles. The number of methoxy groups -OCH3 is 1. The van der Waals surface area contributed by atoms with Gasteiger partial charge < -0.3 is 10.1 Å². The molecule has 0 saturated carbocycles. The first kappa shape index (κ1) is 19.6. The number of rotatable bonds is 6. The van der Waals surface area contributed by atoms with E-state index in [9.17, 15) is 9.18 Å². The Kier molecular flexibility index (Phi) is 6.45. The fourth-order valence-corrected chi connectivity index (χ4v) is 2.97. The van der Waals surface area contributed by atoms with Crippen LogP contribution in [0.4, 0.5) is 4.39 Å². The summed E-state index contributed by atoms with van der Waals surface area (Å²) in [7, 11) is 1.61. The lowest BCUT2D eigenvalue weighted by Gasteiger charge is -2.19. The van der Waals surface area contributed by atoms with Crippen LogP contribution in [0.1, 0.15) is 22.7 Å². The summed E-state index contributed by atoms with van der Waals surface area (Å²) in [6, 6.07) is 21.2. The van der Waals surface area contributed by atoms with Crippen LogP contribution in [0.15, 0.2) is 78.9 Å². The van der Waals surface area contributed by atoms with Crippen LogP contribution in [-0.4, -0.2) is 13.0 Å². The number of hydrogen-bond acceptors (Lipinski definition) is 2. The summed E-state index contributed by atoms with van der Waals surface area (Å²) in [4.78, 5) is 12.5. The van der Waals surface area contributed by atoms with Crippen molar-refractivity contribution in [3.05, 3.63) is 106 Å². The van der Waals surface area contributed by atoms with Gasteiger partial charge in [0, 0.05) is 6.08 Å². The van der Waals surface area contributed by atoms with Crippen molar-refractivity contribution in [2.75, 3.05) is 7.11 Å². The first-order valence-electron chi connectivity index (χ1n) is 8.69. The minimum absolute atomic E-state index is 0.0166. The van der Waals surface area contributed by atoms with E-state index in [1.807, 2.05) is 54.6 Å². The lowest BCUT2D eigenvalue weighted by Crippen LogP contribution is -2.27. The third-order valence-electron chi connectivity index (χ3n) is 4.24. The van der Waals surface area contributed by atoms with Crippen molar-refractivity contribution in [3.63, 3.8) is 0 Å². The highest BCUT2D eigenvalue weighted by Crippen LogP contribution is 2.24. The number of amides is 1. The van der Waals surface area contributed by atoms with E-state index < -0.39 is 5.82 Å². The van der Waals surface area contributed by atoms with Gasteiger partial charge in [0.15, 0.2) is 0 Å². The first-order valence-corrected chi connectivity index (χ1v) is 9.07. The maximum Gasteiger partial charge on any atom is 0.244 e. The second kappa shape index (κ2) is 9.20. The van der Waals surface area contributed by atoms with Gasteiger partial charge >= 0.3 is 0 Å². The lowest BCUT2D eigenvalue weighted by molar-refractivity contribution is -0.116. The minimum atomic E-state index is -0.494. The summed E-state index contributed by atoms with van der Waals surface area (Å²) in [5, 5.41) is 3.03. The molecule has 3 rings (SSSR count). The first-order chi connectivity index (χ1) is 13.6. The standard InChI is InChI=1S/C23H19ClFNO2/c1-28-19-11-9-18(10-12-19)23(17-5-3-2-4-6-17)26-22(27)14-8-16-7-13-21(25)20(24)15-16/h2-15,23H,1H3,(H,26,27)/b14-8+. The van der Waals surface area contributed by atoms with E-state index >= 15 is 0 Å². The highest BCUT2D eigenvalue weighted by Gasteiger charge is 2.15. The largest absolute Gasteiger partial charge is 0.497 e. The van der Waals surface area contributed by atoms with Gasteiger partial charge in [0.2, 0.25) is 5.91 Å². The smallest absolute Gasteiger partial charge is 0.244 e. The fourth-order valence-electron chi connectivity index (χ4n) is 2.78. The Morgan fingerprint density at radius 3 is 2.36 bits per heavy atom. The molecule has 0 aliphatic carbocycles. The Balaban J connectivity index is 1.81. The van der Waals surface area contributed by atoms with Crippen molar-refractivity contribution in [2.24, 2.45) is 0 Å². The van der Waals surface area contributed by atoms with Gasteiger partial charge in [-0.2, -0.15) is 0 Å². The molecule has 5 heteroatoms. The summed E-state index contributed by atoms with van der Waals surface area (Å²) in [6.45, 7) is 0. The van der Waals surface area contributed by atoms with Crippen molar-refractivity contribution >= 4 is 23.6 Å². The molecule has 0 saturated heterocycles. The molecule has 1 unspecified atom stereocenters. The van der Waals surface area contributed by atoms with Gasteiger partial charge in [0.1, 0.15) is 11.6 Å². The molecule has 142 valence electrons. The van der Waals surface area contributed by atoms with E-state index in [4.69, 9.17) is 16.3 Å². The molecule has 0 aliphatic heterocycles. The lowest BCUT2D eigenvalue weighted by atomic mass is 9.98. The van der Waals surface area contributed by atoms with E-state index in [2.05, 4.69) is 5.32 Å². The molecular weight excluding hydrogens is 377 g/mol. The molecular formula is C23H19ClFNO2. The zero-order chi connectivity index (χ0) is 19.9. The van der Waals surface area contributed by atoms with Crippen molar-refractivity contribution < 1.29 is 13.9 Å². The second-order valence-corrected chi connectivity index (χ2v) is 6.54. The molecule has 3 nitrogen and oxygen atoms in total. The van der Waals surface area contributed by atoms with Crippen LogP contribution in [-0.2, 0) is 4.79 Å². The second-order valence-electron chi connectivity index (χ2n) is 6.13. The van der Waals surface area contributed by atoms with Gasteiger partial charge in [-0.05, 0) is 47.0 Å². The highest BCUT2D eigenvalue weighted by atomic mass is 35.5. The van der Waals surface area contributed by atoms with Crippen LogP contribution < -0.4 is 10.1 Å². The van der Waals surface area contributed by atoms with Crippen molar-refractivity contribution in [1.29, 1.82) is 0 Å². The molecule has 1 amide bonds. The number of hydrogen-bond donors (Lipinski definition) is 1. The average Bonchev–Trinajstić information content (AvgIpc) is 2.73. The summed E-state index contributed by atoms with van der Waals surface area (Å²) >= 11 is 5.78. The van der Waals surface area contributed by atoms with Gasteiger partial charge in [-0.3, -0.25) is 4.79 Å². The molecule has 0 heterocycles. The van der Waals surface area contributed by atoms with Crippen LogP contribution >= 0.6 is 11.6 Å². The van der Waals surface area contributed by atoms with Crippen LogP contribution in [0.5, 0.6) is 5.75 Å².